The molecule has 1 aliphatic heterocycles. The molecule has 4 nitrogen and oxygen atoms in total. The number of carbonyl (C=O) groups is 1. The van der Waals surface area contributed by atoms with Crippen molar-refractivity contribution in [2.45, 2.75) is 32.8 Å². The summed E-state index contributed by atoms with van der Waals surface area (Å²) in [6.45, 7) is 5.51. The Morgan fingerprint density at radius 2 is 1.95 bits per heavy atom. The summed E-state index contributed by atoms with van der Waals surface area (Å²) in [6.07, 6.45) is 4.90. The fraction of sp³-hybridized carbons (Fsp3) is 0.312. The van der Waals surface area contributed by atoms with Crippen LogP contribution in [0.4, 0.5) is 4.79 Å². The molecular weight excluding hydrogens is 254 g/mol. The lowest BCUT2D eigenvalue weighted by Gasteiger charge is -2.25. The van der Waals surface area contributed by atoms with Gasteiger partial charge in [-0.05, 0) is 26.3 Å². The molecule has 0 saturated heterocycles. The van der Waals surface area contributed by atoms with Gasteiger partial charge in [-0.1, -0.05) is 30.3 Å². The highest BCUT2D eigenvalue weighted by atomic mass is 16.6. The number of amides is 1. The summed E-state index contributed by atoms with van der Waals surface area (Å²) < 4.78 is 10.7. The Kier molecular flexibility index (Phi) is 4.13. The van der Waals surface area contributed by atoms with E-state index in [4.69, 9.17) is 9.47 Å². The highest BCUT2D eigenvalue weighted by Gasteiger charge is 2.21. The molecule has 0 radical (unpaired) electrons. The SMILES string of the molecule is CC(C)(C)OC(=O)N1C=COC(Cc2ccccc2)=C1. The number of ether oxygens (including phenoxy) is 2. The molecule has 0 aliphatic carbocycles. The molecule has 1 amide bonds. The minimum absolute atomic E-state index is 0.414. The van der Waals surface area contributed by atoms with Gasteiger partial charge in [-0.25, -0.2) is 4.79 Å². The number of benzene rings is 1. The Labute approximate surface area is 119 Å². The summed E-state index contributed by atoms with van der Waals surface area (Å²) in [4.78, 5) is 13.4. The lowest BCUT2D eigenvalue weighted by molar-refractivity contribution is 0.0382. The van der Waals surface area contributed by atoms with Gasteiger partial charge in [-0.2, -0.15) is 0 Å². The summed E-state index contributed by atoms with van der Waals surface area (Å²) in [5, 5.41) is 0. The van der Waals surface area contributed by atoms with Crippen LogP contribution in [0.25, 0.3) is 0 Å². The molecule has 20 heavy (non-hydrogen) atoms. The summed E-state index contributed by atoms with van der Waals surface area (Å²) in [5.74, 6) is 0.699. The molecular formula is C16H19NO3. The fourth-order valence-corrected chi connectivity index (χ4v) is 1.72. The molecule has 1 heterocycles. The first kappa shape index (κ1) is 14.2. The lowest BCUT2D eigenvalue weighted by Crippen LogP contribution is -2.31. The molecule has 0 unspecified atom stereocenters. The predicted molar refractivity (Wildman–Crippen MR) is 76.5 cm³/mol. The van der Waals surface area contributed by atoms with Gasteiger partial charge in [0, 0.05) is 6.42 Å². The van der Waals surface area contributed by atoms with Crippen LogP contribution in [0.3, 0.4) is 0 Å². The highest BCUT2D eigenvalue weighted by Crippen LogP contribution is 2.17. The minimum Gasteiger partial charge on any atom is -0.466 e. The summed E-state index contributed by atoms with van der Waals surface area (Å²) in [6, 6.07) is 9.94. The van der Waals surface area contributed by atoms with Crippen molar-refractivity contribution in [3.05, 3.63) is 60.3 Å². The second kappa shape index (κ2) is 5.82. The van der Waals surface area contributed by atoms with E-state index in [0.29, 0.717) is 12.2 Å². The standard InChI is InChI=1S/C16H19NO3/c1-16(2,3)20-15(18)17-9-10-19-14(12-17)11-13-7-5-4-6-8-13/h4-10,12H,11H2,1-3H3. The van der Waals surface area contributed by atoms with E-state index in [1.165, 1.54) is 11.2 Å². The van der Waals surface area contributed by atoms with Gasteiger partial charge >= 0.3 is 6.09 Å². The highest BCUT2D eigenvalue weighted by molar-refractivity contribution is 5.70. The van der Waals surface area contributed by atoms with Crippen LogP contribution in [0, 0.1) is 0 Å². The topological polar surface area (TPSA) is 38.8 Å². The van der Waals surface area contributed by atoms with Crippen molar-refractivity contribution in [3.8, 4) is 0 Å². The van der Waals surface area contributed by atoms with Gasteiger partial charge in [0.2, 0.25) is 0 Å². The van der Waals surface area contributed by atoms with E-state index in [-0.39, 0.29) is 0 Å². The molecule has 0 fully saturated rings. The Morgan fingerprint density at radius 1 is 1.25 bits per heavy atom. The van der Waals surface area contributed by atoms with Gasteiger partial charge in [0.25, 0.3) is 0 Å². The van der Waals surface area contributed by atoms with Gasteiger partial charge in [0.05, 0.1) is 12.4 Å². The van der Waals surface area contributed by atoms with Crippen molar-refractivity contribution < 1.29 is 14.3 Å². The van der Waals surface area contributed by atoms with E-state index in [9.17, 15) is 4.79 Å². The molecule has 1 aromatic rings. The molecule has 0 atom stereocenters. The number of hydrogen-bond donors (Lipinski definition) is 0. The zero-order valence-electron chi connectivity index (χ0n) is 12.0. The third kappa shape index (κ3) is 4.16. The Hall–Kier alpha value is -2.23. The van der Waals surface area contributed by atoms with Gasteiger partial charge in [0.15, 0.2) is 0 Å². The third-order valence-corrected chi connectivity index (χ3v) is 2.55. The minimum atomic E-state index is -0.517. The molecule has 0 N–H and O–H groups in total. The van der Waals surface area contributed by atoms with Crippen molar-refractivity contribution >= 4 is 6.09 Å². The lowest BCUT2D eigenvalue weighted by atomic mass is 10.1. The smallest absolute Gasteiger partial charge is 0.418 e. The second-order valence-electron chi connectivity index (χ2n) is 5.55. The summed E-state index contributed by atoms with van der Waals surface area (Å²) >= 11 is 0. The van der Waals surface area contributed by atoms with Gasteiger partial charge in [-0.3, -0.25) is 4.90 Å². The Bertz CT molecular complexity index is 526. The van der Waals surface area contributed by atoms with Crippen molar-refractivity contribution in [1.82, 2.24) is 4.90 Å². The molecule has 2 rings (SSSR count). The van der Waals surface area contributed by atoms with Crippen LogP contribution < -0.4 is 0 Å². The molecule has 1 aromatic carbocycles. The van der Waals surface area contributed by atoms with E-state index in [2.05, 4.69) is 0 Å². The number of carbonyl (C=O) groups excluding carboxylic acids is 1. The maximum absolute atomic E-state index is 12.0. The second-order valence-corrected chi connectivity index (χ2v) is 5.55. The molecule has 0 aromatic heterocycles. The molecule has 106 valence electrons. The molecule has 0 bridgehead atoms. The van der Waals surface area contributed by atoms with Crippen LogP contribution >= 0.6 is 0 Å². The molecule has 0 spiro atoms. The van der Waals surface area contributed by atoms with Gasteiger partial charge in [-0.15, -0.1) is 0 Å². The number of allylic oxidation sites excluding steroid dienone is 1. The van der Waals surface area contributed by atoms with Crippen LogP contribution in [-0.2, 0) is 15.9 Å². The van der Waals surface area contributed by atoms with E-state index in [1.807, 2.05) is 51.1 Å². The Balaban J connectivity index is 2.03. The monoisotopic (exact) mass is 273 g/mol. The first-order valence-electron chi connectivity index (χ1n) is 6.53. The number of nitrogens with zero attached hydrogens (tertiary/aromatic N) is 1. The normalized spacial score (nSPS) is 14.6. The van der Waals surface area contributed by atoms with E-state index in [1.54, 1.807) is 12.4 Å². The van der Waals surface area contributed by atoms with E-state index < -0.39 is 11.7 Å². The Morgan fingerprint density at radius 3 is 2.60 bits per heavy atom. The van der Waals surface area contributed by atoms with E-state index in [0.717, 1.165) is 5.56 Å². The first-order valence-corrected chi connectivity index (χ1v) is 6.53. The maximum atomic E-state index is 12.0. The summed E-state index contributed by atoms with van der Waals surface area (Å²) in [5.41, 5.74) is 0.606. The van der Waals surface area contributed by atoms with Crippen molar-refractivity contribution in [2.24, 2.45) is 0 Å². The zero-order valence-corrected chi connectivity index (χ0v) is 12.0. The number of rotatable bonds is 2. The first-order chi connectivity index (χ1) is 9.44. The van der Waals surface area contributed by atoms with Crippen LogP contribution in [0.1, 0.15) is 26.3 Å². The molecule has 0 saturated carbocycles. The van der Waals surface area contributed by atoms with Gasteiger partial charge < -0.3 is 9.47 Å². The maximum Gasteiger partial charge on any atom is 0.418 e. The van der Waals surface area contributed by atoms with Gasteiger partial charge in [0.1, 0.15) is 17.6 Å². The number of hydrogen-bond acceptors (Lipinski definition) is 3. The molecule has 1 aliphatic rings. The van der Waals surface area contributed by atoms with Crippen molar-refractivity contribution in [1.29, 1.82) is 0 Å². The third-order valence-electron chi connectivity index (χ3n) is 2.55. The fourth-order valence-electron chi connectivity index (χ4n) is 1.72. The average Bonchev–Trinajstić information content (AvgIpc) is 2.38. The van der Waals surface area contributed by atoms with Crippen LogP contribution in [0.15, 0.2) is 54.8 Å². The summed E-state index contributed by atoms with van der Waals surface area (Å²) in [7, 11) is 0. The molecule has 4 heteroatoms. The van der Waals surface area contributed by atoms with Crippen molar-refractivity contribution in [2.75, 3.05) is 0 Å². The van der Waals surface area contributed by atoms with Crippen LogP contribution in [0.2, 0.25) is 0 Å². The zero-order chi connectivity index (χ0) is 14.6. The van der Waals surface area contributed by atoms with E-state index >= 15 is 0 Å². The predicted octanol–water partition coefficient (Wildman–Crippen LogP) is 3.81. The average molecular weight is 273 g/mol. The van der Waals surface area contributed by atoms with Crippen LogP contribution in [0.5, 0.6) is 0 Å². The van der Waals surface area contributed by atoms with Crippen LogP contribution in [-0.4, -0.2) is 16.6 Å². The largest absolute Gasteiger partial charge is 0.466 e. The van der Waals surface area contributed by atoms with Crippen molar-refractivity contribution in [3.63, 3.8) is 0 Å². The quantitative estimate of drug-likeness (QED) is 0.822.